The van der Waals surface area contributed by atoms with Crippen molar-refractivity contribution < 1.29 is 8.85 Å². The zero-order chi connectivity index (χ0) is 11.5. The van der Waals surface area contributed by atoms with Gasteiger partial charge in [-0.1, -0.05) is 46.5 Å². The molecule has 1 atom stereocenters. The van der Waals surface area contributed by atoms with E-state index in [1.54, 1.807) is 0 Å². The third-order valence-corrected chi connectivity index (χ3v) is 6.73. The smallest absolute Gasteiger partial charge is 0.324 e. The number of hydrogen-bond donors (Lipinski definition) is 0. The molecule has 0 bridgehead atoms. The van der Waals surface area contributed by atoms with E-state index in [1.165, 1.54) is 25.7 Å². The second kappa shape index (κ2) is 5.46. The molecule has 1 saturated carbocycles. The van der Waals surface area contributed by atoms with Gasteiger partial charge in [-0.25, -0.2) is 0 Å². The monoisotopic (exact) mass is 230 g/mol. The first-order valence-electron chi connectivity index (χ1n) is 6.06. The van der Waals surface area contributed by atoms with Crippen LogP contribution < -0.4 is 0 Å². The predicted octanol–water partition coefficient (Wildman–Crippen LogP) is 3.11. The lowest BCUT2D eigenvalue weighted by Crippen LogP contribution is -2.38. The van der Waals surface area contributed by atoms with Crippen LogP contribution in [0.25, 0.3) is 0 Å². The Labute approximate surface area is 96.2 Å². The first-order valence-corrected chi connectivity index (χ1v) is 7.67. The summed E-state index contributed by atoms with van der Waals surface area (Å²) in [5.41, 5.74) is 0.966. The molecule has 0 spiro atoms. The molecule has 2 nitrogen and oxygen atoms in total. The van der Waals surface area contributed by atoms with E-state index in [-0.39, 0.29) is 0 Å². The third-order valence-electron chi connectivity index (χ3n) is 3.67. The van der Waals surface area contributed by atoms with Crippen molar-refractivity contribution >= 4 is 9.28 Å². The molecule has 1 aliphatic rings. The van der Waals surface area contributed by atoms with Crippen LogP contribution in [-0.2, 0) is 8.85 Å². The normalized spacial score (nSPS) is 21.2. The molecule has 1 fully saturated rings. The summed E-state index contributed by atoms with van der Waals surface area (Å²) in [6.07, 6.45) is 5.54. The van der Waals surface area contributed by atoms with Crippen molar-refractivity contribution in [2.24, 2.45) is 11.3 Å². The average Bonchev–Trinajstić information content (AvgIpc) is 2.64. The molecule has 90 valence electrons. The minimum Gasteiger partial charge on any atom is -0.400 e. The van der Waals surface area contributed by atoms with Gasteiger partial charge < -0.3 is 8.85 Å². The number of hydrogen-bond acceptors (Lipinski definition) is 2. The summed E-state index contributed by atoms with van der Waals surface area (Å²) in [4.78, 5) is 0. The van der Waals surface area contributed by atoms with E-state index in [4.69, 9.17) is 8.85 Å². The largest absolute Gasteiger partial charge is 0.400 e. The van der Waals surface area contributed by atoms with Gasteiger partial charge >= 0.3 is 9.28 Å². The summed E-state index contributed by atoms with van der Waals surface area (Å²) in [5.74, 6) is 0.835. The van der Waals surface area contributed by atoms with E-state index in [0.717, 1.165) is 5.92 Å². The van der Waals surface area contributed by atoms with Crippen LogP contribution in [0.15, 0.2) is 0 Å². The Morgan fingerprint density at radius 1 is 1.07 bits per heavy atom. The molecule has 1 aliphatic carbocycles. The van der Waals surface area contributed by atoms with Crippen molar-refractivity contribution in [2.45, 2.75) is 52.0 Å². The van der Waals surface area contributed by atoms with Crippen LogP contribution in [0, 0.1) is 11.3 Å². The molecule has 3 heteroatoms. The van der Waals surface area contributed by atoms with Crippen LogP contribution in [0.3, 0.4) is 0 Å². The highest BCUT2D eigenvalue weighted by Gasteiger charge is 2.41. The summed E-state index contributed by atoms with van der Waals surface area (Å²) in [7, 11) is 2.14. The molecule has 0 aromatic carbocycles. The quantitative estimate of drug-likeness (QED) is 0.691. The van der Waals surface area contributed by atoms with Gasteiger partial charge in [0.1, 0.15) is 0 Å². The lowest BCUT2D eigenvalue weighted by Gasteiger charge is -2.38. The van der Waals surface area contributed by atoms with Gasteiger partial charge in [0.15, 0.2) is 0 Å². The second-order valence-electron chi connectivity index (χ2n) is 5.78. The molecule has 0 radical (unpaired) electrons. The van der Waals surface area contributed by atoms with Crippen LogP contribution in [0.4, 0.5) is 0 Å². The van der Waals surface area contributed by atoms with Crippen LogP contribution in [0.5, 0.6) is 0 Å². The zero-order valence-corrected chi connectivity index (χ0v) is 12.0. The minimum atomic E-state index is -1.49. The Bertz CT molecular complexity index is 177. The fraction of sp³-hybridized carbons (Fsp3) is 1.00. The van der Waals surface area contributed by atoms with Gasteiger partial charge in [-0.15, -0.1) is 0 Å². The SMILES string of the molecule is CO[SiH](OC)C(C1CCCC1)C(C)(C)C. The Morgan fingerprint density at radius 2 is 1.53 bits per heavy atom. The van der Waals surface area contributed by atoms with Gasteiger partial charge in [-0.3, -0.25) is 0 Å². The summed E-state index contributed by atoms with van der Waals surface area (Å²) >= 11 is 0. The van der Waals surface area contributed by atoms with Crippen LogP contribution >= 0.6 is 0 Å². The van der Waals surface area contributed by atoms with Crippen molar-refractivity contribution in [3.63, 3.8) is 0 Å². The molecule has 1 rings (SSSR count). The van der Waals surface area contributed by atoms with Gasteiger partial charge in [0.25, 0.3) is 0 Å². The summed E-state index contributed by atoms with van der Waals surface area (Å²) in [5, 5.41) is 0. The Morgan fingerprint density at radius 3 is 1.87 bits per heavy atom. The summed E-state index contributed by atoms with van der Waals surface area (Å²) in [6.45, 7) is 6.98. The van der Waals surface area contributed by atoms with Gasteiger partial charge in [-0.05, 0) is 11.3 Å². The van der Waals surface area contributed by atoms with Crippen molar-refractivity contribution in [3.05, 3.63) is 0 Å². The standard InChI is InChI=1S/C12H26O2Si/c1-12(2,3)11(15(13-4)14-5)10-8-6-7-9-10/h10-11,15H,6-9H2,1-5H3. The maximum Gasteiger partial charge on any atom is 0.324 e. The van der Waals surface area contributed by atoms with E-state index in [0.29, 0.717) is 11.0 Å². The average molecular weight is 230 g/mol. The van der Waals surface area contributed by atoms with Crippen LogP contribution in [0.2, 0.25) is 5.54 Å². The van der Waals surface area contributed by atoms with Gasteiger partial charge in [0.2, 0.25) is 0 Å². The maximum absolute atomic E-state index is 5.62. The van der Waals surface area contributed by atoms with Gasteiger partial charge in [0, 0.05) is 19.8 Å². The second-order valence-corrected chi connectivity index (χ2v) is 8.17. The zero-order valence-electron chi connectivity index (χ0n) is 10.9. The molecule has 0 aromatic rings. The number of rotatable bonds is 4. The molecule has 0 heterocycles. The van der Waals surface area contributed by atoms with Crippen molar-refractivity contribution in [1.82, 2.24) is 0 Å². The van der Waals surface area contributed by atoms with Crippen molar-refractivity contribution in [2.75, 3.05) is 14.2 Å². The Hall–Kier alpha value is 0.137. The van der Waals surface area contributed by atoms with E-state index in [2.05, 4.69) is 20.8 Å². The maximum atomic E-state index is 5.62. The molecule has 0 saturated heterocycles. The molecule has 0 N–H and O–H groups in total. The van der Waals surface area contributed by atoms with Crippen LogP contribution in [0.1, 0.15) is 46.5 Å². The molecule has 15 heavy (non-hydrogen) atoms. The topological polar surface area (TPSA) is 18.5 Å². The Kier molecular flexibility index (Phi) is 4.81. The van der Waals surface area contributed by atoms with Crippen molar-refractivity contribution in [3.8, 4) is 0 Å². The highest BCUT2D eigenvalue weighted by Crippen LogP contribution is 2.47. The van der Waals surface area contributed by atoms with Crippen molar-refractivity contribution in [1.29, 1.82) is 0 Å². The van der Waals surface area contributed by atoms with E-state index < -0.39 is 9.28 Å². The molecular formula is C12H26O2Si. The molecular weight excluding hydrogens is 204 g/mol. The van der Waals surface area contributed by atoms with Gasteiger partial charge in [0.05, 0.1) is 0 Å². The molecule has 0 aliphatic heterocycles. The first-order chi connectivity index (χ1) is 7.00. The molecule has 0 aromatic heterocycles. The lowest BCUT2D eigenvalue weighted by atomic mass is 9.83. The third kappa shape index (κ3) is 3.30. The fourth-order valence-corrected chi connectivity index (χ4v) is 5.47. The van der Waals surface area contributed by atoms with E-state index >= 15 is 0 Å². The summed E-state index contributed by atoms with van der Waals surface area (Å²) < 4.78 is 11.2. The lowest BCUT2D eigenvalue weighted by molar-refractivity contribution is 0.194. The van der Waals surface area contributed by atoms with E-state index in [1.807, 2.05) is 14.2 Å². The first kappa shape index (κ1) is 13.2. The molecule has 1 unspecified atom stereocenters. The predicted molar refractivity (Wildman–Crippen MR) is 66.3 cm³/mol. The minimum absolute atomic E-state index is 0.317. The summed E-state index contributed by atoms with van der Waals surface area (Å²) in [6, 6.07) is 0. The fourth-order valence-electron chi connectivity index (χ4n) is 3.04. The van der Waals surface area contributed by atoms with E-state index in [9.17, 15) is 0 Å². The highest BCUT2D eigenvalue weighted by molar-refractivity contribution is 6.46. The van der Waals surface area contributed by atoms with Crippen LogP contribution in [-0.4, -0.2) is 23.5 Å². The molecule has 0 amide bonds. The van der Waals surface area contributed by atoms with Gasteiger partial charge in [-0.2, -0.15) is 0 Å². The Balaban J connectivity index is 2.76. The highest BCUT2D eigenvalue weighted by atomic mass is 28.3.